The summed E-state index contributed by atoms with van der Waals surface area (Å²) >= 11 is 0. The van der Waals surface area contributed by atoms with Crippen LogP contribution in [0.2, 0.25) is 0 Å². The van der Waals surface area contributed by atoms with Gasteiger partial charge in [0.15, 0.2) is 11.6 Å². The number of urea groups is 1. The van der Waals surface area contributed by atoms with E-state index in [4.69, 9.17) is 4.74 Å². The molecule has 1 aromatic heterocycles. The highest BCUT2D eigenvalue weighted by molar-refractivity contribution is 5.74. The Hall–Kier alpha value is -1.89. The van der Waals surface area contributed by atoms with Crippen molar-refractivity contribution in [3.63, 3.8) is 0 Å². The third-order valence-corrected chi connectivity index (χ3v) is 4.79. The number of anilines is 1. The molecule has 0 aromatic carbocycles. The van der Waals surface area contributed by atoms with Gasteiger partial charge in [-0.1, -0.05) is 0 Å². The molecule has 2 aliphatic rings. The van der Waals surface area contributed by atoms with Crippen molar-refractivity contribution in [2.75, 3.05) is 58.4 Å². The van der Waals surface area contributed by atoms with Crippen LogP contribution in [-0.4, -0.2) is 74.3 Å². The molecular weight excluding hydrogens is 311 g/mol. The van der Waals surface area contributed by atoms with Crippen molar-refractivity contribution in [1.82, 2.24) is 14.8 Å². The molecule has 1 spiro atoms. The normalized spacial score (nSPS) is 24.8. The molecule has 2 saturated heterocycles. The van der Waals surface area contributed by atoms with Crippen molar-refractivity contribution in [2.24, 2.45) is 5.41 Å². The maximum absolute atomic E-state index is 14.2. The van der Waals surface area contributed by atoms with E-state index in [1.54, 1.807) is 31.3 Å². The minimum atomic E-state index is -0.313. The first kappa shape index (κ1) is 17.0. The van der Waals surface area contributed by atoms with Gasteiger partial charge in [0.2, 0.25) is 0 Å². The molecule has 6 nitrogen and oxygen atoms in total. The molecule has 0 bridgehead atoms. The number of amides is 2. The van der Waals surface area contributed by atoms with Crippen LogP contribution in [0.4, 0.5) is 15.0 Å². The molecule has 132 valence electrons. The molecule has 3 rings (SSSR count). The van der Waals surface area contributed by atoms with Gasteiger partial charge >= 0.3 is 6.03 Å². The highest BCUT2D eigenvalue weighted by atomic mass is 19.1. The second-order valence-electron chi connectivity index (χ2n) is 6.99. The van der Waals surface area contributed by atoms with E-state index in [1.165, 1.54) is 6.07 Å². The van der Waals surface area contributed by atoms with Gasteiger partial charge in [-0.3, -0.25) is 0 Å². The standard InChI is InChI=1S/C17H25FN4O2/c1-20(2)16(23)22-8-4-6-17(12-22)11-21(9-10-24-13-17)15-14(18)5-3-7-19-15/h3,5,7H,4,6,8-13H2,1-2H3/t17-/m1/s1. The summed E-state index contributed by atoms with van der Waals surface area (Å²) in [4.78, 5) is 22.0. The number of halogens is 1. The van der Waals surface area contributed by atoms with Gasteiger partial charge in [0.1, 0.15) is 0 Å². The maximum atomic E-state index is 14.2. The van der Waals surface area contributed by atoms with E-state index in [9.17, 15) is 9.18 Å². The van der Waals surface area contributed by atoms with Crippen LogP contribution in [0.25, 0.3) is 0 Å². The lowest BCUT2D eigenvalue weighted by atomic mass is 9.80. The fourth-order valence-corrected chi connectivity index (χ4v) is 3.68. The molecule has 1 aromatic rings. The zero-order chi connectivity index (χ0) is 17.2. The summed E-state index contributed by atoms with van der Waals surface area (Å²) < 4.78 is 20.0. The molecule has 0 unspecified atom stereocenters. The summed E-state index contributed by atoms with van der Waals surface area (Å²) in [6, 6.07) is 3.05. The topological polar surface area (TPSA) is 48.9 Å². The van der Waals surface area contributed by atoms with Gasteiger partial charge in [0.05, 0.1) is 13.2 Å². The van der Waals surface area contributed by atoms with E-state index in [-0.39, 0.29) is 17.3 Å². The summed E-state index contributed by atoms with van der Waals surface area (Å²) in [7, 11) is 3.53. The number of carbonyl (C=O) groups excluding carboxylic acids is 1. The highest BCUT2D eigenvalue weighted by Crippen LogP contribution is 2.34. The van der Waals surface area contributed by atoms with Crippen LogP contribution in [0.5, 0.6) is 0 Å². The third-order valence-electron chi connectivity index (χ3n) is 4.79. The minimum absolute atomic E-state index is 0.0221. The second kappa shape index (κ2) is 6.93. The van der Waals surface area contributed by atoms with Crippen LogP contribution in [0, 0.1) is 11.2 Å². The lowest BCUT2D eigenvalue weighted by Gasteiger charge is -2.44. The number of hydrogen-bond donors (Lipinski definition) is 0. The van der Waals surface area contributed by atoms with Crippen molar-refractivity contribution < 1.29 is 13.9 Å². The first-order chi connectivity index (χ1) is 11.5. The summed E-state index contributed by atoms with van der Waals surface area (Å²) in [5, 5.41) is 0. The Kier molecular flexibility index (Phi) is 4.89. The zero-order valence-corrected chi connectivity index (χ0v) is 14.4. The Balaban J connectivity index is 1.81. The van der Waals surface area contributed by atoms with Crippen LogP contribution >= 0.6 is 0 Å². The fraction of sp³-hybridized carbons (Fsp3) is 0.647. The van der Waals surface area contributed by atoms with Gasteiger partial charge < -0.3 is 19.4 Å². The molecule has 0 N–H and O–H groups in total. The SMILES string of the molecule is CN(C)C(=O)N1CCC[C@]2(COCCN(c3ncccc3F)C2)C1. The lowest BCUT2D eigenvalue weighted by molar-refractivity contribution is 0.0209. The number of pyridine rings is 1. The average molecular weight is 336 g/mol. The maximum Gasteiger partial charge on any atom is 0.319 e. The predicted octanol–water partition coefficient (Wildman–Crippen LogP) is 1.82. The zero-order valence-electron chi connectivity index (χ0n) is 14.4. The van der Waals surface area contributed by atoms with E-state index in [0.29, 0.717) is 38.7 Å². The predicted molar refractivity (Wildman–Crippen MR) is 89.6 cm³/mol. The first-order valence-electron chi connectivity index (χ1n) is 8.40. The summed E-state index contributed by atoms with van der Waals surface area (Å²) in [6.07, 6.45) is 3.51. The molecular formula is C17H25FN4O2. The lowest BCUT2D eigenvalue weighted by Crippen LogP contribution is -2.54. The molecule has 2 amide bonds. The molecule has 0 saturated carbocycles. The van der Waals surface area contributed by atoms with Crippen LogP contribution in [-0.2, 0) is 4.74 Å². The first-order valence-corrected chi connectivity index (χ1v) is 8.40. The molecule has 7 heteroatoms. The number of carbonyl (C=O) groups is 1. The molecule has 0 aliphatic carbocycles. The van der Waals surface area contributed by atoms with Gasteiger partial charge in [-0.25, -0.2) is 14.2 Å². The number of nitrogens with zero attached hydrogens (tertiary/aromatic N) is 4. The minimum Gasteiger partial charge on any atom is -0.379 e. The Morgan fingerprint density at radius 1 is 1.38 bits per heavy atom. The van der Waals surface area contributed by atoms with E-state index >= 15 is 0 Å². The number of ether oxygens (including phenoxy) is 1. The Bertz CT molecular complexity index is 598. The Morgan fingerprint density at radius 2 is 2.21 bits per heavy atom. The monoisotopic (exact) mass is 336 g/mol. The van der Waals surface area contributed by atoms with Crippen molar-refractivity contribution >= 4 is 11.8 Å². The summed E-state index contributed by atoms with van der Waals surface area (Å²) in [5.74, 6) is 0.0602. The second-order valence-corrected chi connectivity index (χ2v) is 6.99. The van der Waals surface area contributed by atoms with E-state index in [0.717, 1.165) is 19.4 Å². The van der Waals surface area contributed by atoms with E-state index in [1.807, 2.05) is 9.80 Å². The van der Waals surface area contributed by atoms with Crippen LogP contribution in [0.1, 0.15) is 12.8 Å². The quantitative estimate of drug-likeness (QED) is 0.785. The van der Waals surface area contributed by atoms with Crippen molar-refractivity contribution in [3.05, 3.63) is 24.1 Å². The smallest absolute Gasteiger partial charge is 0.319 e. The summed E-state index contributed by atoms with van der Waals surface area (Å²) in [5.41, 5.74) is -0.176. The van der Waals surface area contributed by atoms with Gasteiger partial charge in [-0.05, 0) is 25.0 Å². The number of piperidine rings is 1. The van der Waals surface area contributed by atoms with Crippen LogP contribution in [0.3, 0.4) is 0 Å². The third kappa shape index (κ3) is 3.45. The average Bonchev–Trinajstić information content (AvgIpc) is 2.77. The van der Waals surface area contributed by atoms with Crippen molar-refractivity contribution in [1.29, 1.82) is 0 Å². The van der Waals surface area contributed by atoms with Crippen molar-refractivity contribution in [2.45, 2.75) is 12.8 Å². The number of aromatic nitrogens is 1. The molecule has 3 heterocycles. The van der Waals surface area contributed by atoms with E-state index in [2.05, 4.69) is 4.98 Å². The number of likely N-dealkylation sites (tertiary alicyclic amines) is 1. The van der Waals surface area contributed by atoms with Crippen molar-refractivity contribution in [3.8, 4) is 0 Å². The van der Waals surface area contributed by atoms with Gasteiger partial charge in [-0.2, -0.15) is 0 Å². The molecule has 2 aliphatic heterocycles. The number of rotatable bonds is 1. The van der Waals surface area contributed by atoms with E-state index < -0.39 is 0 Å². The van der Waals surface area contributed by atoms with Crippen LogP contribution in [0.15, 0.2) is 18.3 Å². The highest BCUT2D eigenvalue weighted by Gasteiger charge is 2.41. The van der Waals surface area contributed by atoms with Gasteiger partial charge in [0.25, 0.3) is 0 Å². The molecule has 0 radical (unpaired) electrons. The largest absolute Gasteiger partial charge is 0.379 e. The van der Waals surface area contributed by atoms with Gasteiger partial charge in [-0.15, -0.1) is 0 Å². The molecule has 1 atom stereocenters. The van der Waals surface area contributed by atoms with Gasteiger partial charge in [0, 0.05) is 51.9 Å². The van der Waals surface area contributed by atoms with Crippen LogP contribution < -0.4 is 4.90 Å². The Labute approximate surface area is 142 Å². The molecule has 2 fully saturated rings. The summed E-state index contributed by atoms with van der Waals surface area (Å²) in [6.45, 7) is 3.79. The number of hydrogen-bond acceptors (Lipinski definition) is 4. The Morgan fingerprint density at radius 3 is 2.96 bits per heavy atom. The molecule has 24 heavy (non-hydrogen) atoms. The fourth-order valence-electron chi connectivity index (χ4n) is 3.68.